The van der Waals surface area contributed by atoms with E-state index in [0.717, 1.165) is 22.5 Å². The fourth-order valence-electron chi connectivity index (χ4n) is 2.56. The Hall–Kier alpha value is -1.97. The molecule has 0 spiro atoms. The highest BCUT2D eigenvalue weighted by Gasteiger charge is 2.34. The summed E-state index contributed by atoms with van der Waals surface area (Å²) in [6.07, 6.45) is -1.54. The number of fused-ring (bicyclic) bond motifs is 1. The Kier molecular flexibility index (Phi) is 4.09. The number of alkyl halides is 3. The molecule has 1 unspecified atom stereocenters. The number of carbonyl (C=O) groups excluding carboxylic acids is 1. The van der Waals surface area contributed by atoms with Crippen LogP contribution in [0.5, 0.6) is 0 Å². The molecule has 0 radical (unpaired) electrons. The van der Waals surface area contributed by atoms with Crippen LogP contribution in [-0.4, -0.2) is 37.6 Å². The van der Waals surface area contributed by atoms with E-state index < -0.39 is 11.9 Å². The van der Waals surface area contributed by atoms with Gasteiger partial charge in [-0.25, -0.2) is 4.98 Å². The van der Waals surface area contributed by atoms with Crippen molar-refractivity contribution in [3.63, 3.8) is 0 Å². The van der Waals surface area contributed by atoms with Gasteiger partial charge in [-0.2, -0.15) is 13.2 Å². The average Bonchev–Trinajstić information content (AvgIpc) is 3.13. The van der Waals surface area contributed by atoms with E-state index in [-0.39, 0.29) is 23.4 Å². The summed E-state index contributed by atoms with van der Waals surface area (Å²) in [6, 6.07) is 0. The first kappa shape index (κ1) is 15.9. The van der Waals surface area contributed by atoms with Crippen molar-refractivity contribution >= 4 is 17.2 Å². The van der Waals surface area contributed by atoms with Gasteiger partial charge in [-0.05, 0) is 6.42 Å². The van der Waals surface area contributed by atoms with Gasteiger partial charge in [0.1, 0.15) is 17.2 Å². The number of thiazole rings is 1. The van der Waals surface area contributed by atoms with Gasteiger partial charge in [-0.1, -0.05) is 0 Å². The number of hydrogen-bond acceptors (Lipinski definition) is 5. The molecule has 1 aliphatic heterocycles. The number of hydrogen-bond donors (Lipinski definition) is 0. The number of aryl methyl sites for hydroxylation is 1. The topological polar surface area (TPSA) is 63.9 Å². The zero-order valence-electron chi connectivity index (χ0n) is 12.2. The number of amides is 1. The molecule has 0 saturated heterocycles. The van der Waals surface area contributed by atoms with Gasteiger partial charge in [-0.3, -0.25) is 4.79 Å². The van der Waals surface area contributed by atoms with Gasteiger partial charge in [0.05, 0.1) is 12.5 Å². The Morgan fingerprint density at radius 2 is 2.30 bits per heavy atom. The summed E-state index contributed by atoms with van der Waals surface area (Å²) in [5.41, 5.74) is -0.912. The lowest BCUT2D eigenvalue weighted by Crippen LogP contribution is -2.37. The Labute approximate surface area is 134 Å². The maximum absolute atomic E-state index is 12.5. The molecule has 0 bridgehead atoms. The number of nitrogens with zero attached hydrogens (tertiary/aromatic N) is 5. The second-order valence-corrected chi connectivity index (χ2v) is 6.40. The second kappa shape index (κ2) is 5.91. The lowest BCUT2D eigenvalue weighted by atomic mass is 9.98. The van der Waals surface area contributed by atoms with Crippen LogP contribution in [0.2, 0.25) is 0 Å². The largest absolute Gasteiger partial charge is 0.434 e. The minimum Gasteiger partial charge on any atom is -0.339 e. The SMILES string of the molecule is CN(Cc1nc(C(F)(F)F)cs1)C(=O)C1CCc2nncn2C1. The second-order valence-electron chi connectivity index (χ2n) is 5.45. The molecule has 10 heteroatoms. The van der Waals surface area contributed by atoms with Gasteiger partial charge in [0.2, 0.25) is 5.91 Å². The molecular weight excluding hydrogens is 331 g/mol. The van der Waals surface area contributed by atoms with E-state index in [1.165, 1.54) is 4.90 Å². The van der Waals surface area contributed by atoms with Gasteiger partial charge in [0.15, 0.2) is 5.69 Å². The van der Waals surface area contributed by atoms with Crippen molar-refractivity contribution in [2.45, 2.75) is 32.1 Å². The lowest BCUT2D eigenvalue weighted by molar-refractivity contribution is -0.140. The van der Waals surface area contributed by atoms with E-state index in [1.54, 1.807) is 13.4 Å². The molecule has 3 rings (SSSR count). The van der Waals surface area contributed by atoms with Crippen molar-refractivity contribution in [3.05, 3.63) is 28.2 Å². The Balaban J connectivity index is 1.63. The fourth-order valence-corrected chi connectivity index (χ4v) is 3.42. The third-order valence-electron chi connectivity index (χ3n) is 3.77. The van der Waals surface area contributed by atoms with Gasteiger partial charge in [0, 0.05) is 25.4 Å². The molecule has 0 saturated carbocycles. The van der Waals surface area contributed by atoms with Crippen molar-refractivity contribution in [1.29, 1.82) is 0 Å². The van der Waals surface area contributed by atoms with Gasteiger partial charge in [0.25, 0.3) is 0 Å². The molecule has 6 nitrogen and oxygen atoms in total. The lowest BCUT2D eigenvalue weighted by Gasteiger charge is -2.26. The van der Waals surface area contributed by atoms with Crippen molar-refractivity contribution in [2.24, 2.45) is 5.92 Å². The van der Waals surface area contributed by atoms with Crippen LogP contribution < -0.4 is 0 Å². The Morgan fingerprint density at radius 1 is 1.52 bits per heavy atom. The Bertz CT molecular complexity index is 711. The van der Waals surface area contributed by atoms with Gasteiger partial charge >= 0.3 is 6.18 Å². The van der Waals surface area contributed by atoms with Crippen LogP contribution in [0, 0.1) is 5.92 Å². The first-order valence-corrected chi connectivity index (χ1v) is 7.86. The predicted molar refractivity (Wildman–Crippen MR) is 75.4 cm³/mol. The fraction of sp³-hybridized carbons (Fsp3) is 0.538. The smallest absolute Gasteiger partial charge is 0.339 e. The van der Waals surface area contributed by atoms with Crippen molar-refractivity contribution < 1.29 is 18.0 Å². The van der Waals surface area contributed by atoms with Crippen LogP contribution in [0.25, 0.3) is 0 Å². The zero-order valence-corrected chi connectivity index (χ0v) is 13.1. The molecule has 3 heterocycles. The predicted octanol–water partition coefficient (Wildman–Crippen LogP) is 1.97. The normalized spacial score (nSPS) is 17.8. The molecule has 1 atom stereocenters. The summed E-state index contributed by atoms with van der Waals surface area (Å²) in [4.78, 5) is 17.4. The van der Waals surface area contributed by atoms with Crippen molar-refractivity contribution in [2.75, 3.05) is 7.05 Å². The Morgan fingerprint density at radius 3 is 3.00 bits per heavy atom. The minimum atomic E-state index is -4.45. The number of aromatic nitrogens is 4. The molecule has 0 aliphatic carbocycles. The van der Waals surface area contributed by atoms with E-state index in [2.05, 4.69) is 15.2 Å². The summed E-state index contributed by atoms with van der Waals surface area (Å²) in [5.74, 6) is 0.533. The number of halogens is 3. The van der Waals surface area contributed by atoms with E-state index in [4.69, 9.17) is 0 Å². The molecule has 2 aromatic heterocycles. The van der Waals surface area contributed by atoms with Crippen molar-refractivity contribution in [1.82, 2.24) is 24.6 Å². The molecule has 1 amide bonds. The molecule has 0 fully saturated rings. The van der Waals surface area contributed by atoms with E-state index in [0.29, 0.717) is 19.4 Å². The van der Waals surface area contributed by atoms with E-state index in [1.807, 2.05) is 4.57 Å². The third-order valence-corrected chi connectivity index (χ3v) is 4.60. The molecule has 124 valence electrons. The molecule has 0 aromatic carbocycles. The number of carbonyl (C=O) groups is 1. The molecule has 0 N–H and O–H groups in total. The van der Waals surface area contributed by atoms with Crippen molar-refractivity contribution in [3.8, 4) is 0 Å². The average molecular weight is 345 g/mol. The van der Waals surface area contributed by atoms with Crippen LogP contribution >= 0.6 is 11.3 Å². The monoisotopic (exact) mass is 345 g/mol. The highest BCUT2D eigenvalue weighted by Crippen LogP contribution is 2.30. The maximum Gasteiger partial charge on any atom is 0.434 e. The van der Waals surface area contributed by atoms with Crippen LogP contribution in [-0.2, 0) is 30.5 Å². The summed E-state index contributed by atoms with van der Waals surface area (Å²) in [6.45, 7) is 0.572. The standard InChI is InChI=1S/C13H14F3N5OS/c1-20(5-11-18-9(6-23-11)13(14,15)16)12(22)8-2-3-10-19-17-7-21(10)4-8/h6-8H,2-5H2,1H3. The quantitative estimate of drug-likeness (QED) is 0.853. The summed E-state index contributed by atoms with van der Waals surface area (Å²) in [5, 5.41) is 9.01. The molecular formula is C13H14F3N5OS. The van der Waals surface area contributed by atoms with E-state index >= 15 is 0 Å². The molecule has 23 heavy (non-hydrogen) atoms. The van der Waals surface area contributed by atoms with Crippen LogP contribution in [0.15, 0.2) is 11.7 Å². The molecule has 2 aromatic rings. The number of rotatable bonds is 3. The highest BCUT2D eigenvalue weighted by molar-refractivity contribution is 7.09. The maximum atomic E-state index is 12.5. The van der Waals surface area contributed by atoms with Crippen LogP contribution in [0.1, 0.15) is 22.9 Å². The molecule has 1 aliphatic rings. The third kappa shape index (κ3) is 3.36. The van der Waals surface area contributed by atoms with E-state index in [9.17, 15) is 18.0 Å². The van der Waals surface area contributed by atoms with Gasteiger partial charge < -0.3 is 9.47 Å². The summed E-state index contributed by atoms with van der Waals surface area (Å²) in [7, 11) is 1.58. The highest BCUT2D eigenvalue weighted by atomic mass is 32.1. The zero-order chi connectivity index (χ0) is 16.6. The minimum absolute atomic E-state index is 0.0745. The van der Waals surface area contributed by atoms with Gasteiger partial charge in [-0.15, -0.1) is 21.5 Å². The first-order chi connectivity index (χ1) is 10.8. The summed E-state index contributed by atoms with van der Waals surface area (Å²) >= 11 is 0.909. The van der Waals surface area contributed by atoms with Crippen LogP contribution in [0.3, 0.4) is 0 Å². The summed E-state index contributed by atoms with van der Waals surface area (Å²) < 4.78 is 39.5. The first-order valence-electron chi connectivity index (χ1n) is 6.98. The van der Waals surface area contributed by atoms with Crippen LogP contribution in [0.4, 0.5) is 13.2 Å².